The quantitative estimate of drug-likeness (QED) is 0.813. The van der Waals surface area contributed by atoms with Crippen LogP contribution in [0.2, 0.25) is 0 Å². The van der Waals surface area contributed by atoms with Gasteiger partial charge in [0, 0.05) is 18.3 Å². The summed E-state index contributed by atoms with van der Waals surface area (Å²) in [5.74, 6) is 0.641. The Balaban J connectivity index is 2.48. The van der Waals surface area contributed by atoms with Crippen molar-refractivity contribution in [2.24, 2.45) is 5.92 Å². The smallest absolute Gasteiger partial charge is 0.0404 e. The molecule has 1 aliphatic rings. The van der Waals surface area contributed by atoms with Gasteiger partial charge in [-0.25, -0.2) is 0 Å². The minimum absolute atomic E-state index is 0.215. The van der Waals surface area contributed by atoms with Gasteiger partial charge in [0.2, 0.25) is 0 Å². The van der Waals surface area contributed by atoms with Crippen LogP contribution < -0.4 is 5.32 Å². The lowest BCUT2D eigenvalue weighted by Gasteiger charge is -2.37. The van der Waals surface area contributed by atoms with Gasteiger partial charge in [-0.15, -0.1) is 0 Å². The molecule has 1 aromatic rings. The van der Waals surface area contributed by atoms with Gasteiger partial charge in [0.05, 0.1) is 0 Å². The van der Waals surface area contributed by atoms with Crippen LogP contribution in [0.5, 0.6) is 0 Å². The second-order valence-corrected chi connectivity index (χ2v) is 6.82. The van der Waals surface area contributed by atoms with Gasteiger partial charge in [0.1, 0.15) is 0 Å². The molecule has 2 nitrogen and oxygen atoms in total. The summed E-state index contributed by atoms with van der Waals surface area (Å²) in [5, 5.41) is 3.55. The zero-order valence-corrected chi connectivity index (χ0v) is 12.5. The van der Waals surface area contributed by atoms with Crippen LogP contribution in [0.3, 0.4) is 0 Å². The van der Waals surface area contributed by atoms with Gasteiger partial charge in [-0.05, 0) is 42.6 Å². The second kappa shape index (κ2) is 4.58. The first kappa shape index (κ1) is 13.4. The Labute approximate surface area is 111 Å². The van der Waals surface area contributed by atoms with E-state index in [4.69, 9.17) is 0 Å². The van der Waals surface area contributed by atoms with Crippen molar-refractivity contribution in [1.82, 2.24) is 4.90 Å². The fraction of sp³-hybridized carbons (Fsp3) is 0.625. The third-order valence-corrected chi connectivity index (χ3v) is 3.95. The summed E-state index contributed by atoms with van der Waals surface area (Å²) in [6.07, 6.45) is 0. The SMILES string of the molecule is CC1CNc2ccc(C(C)(C)C)cc2C1N(C)C. The van der Waals surface area contributed by atoms with Crippen LogP contribution >= 0.6 is 0 Å². The molecule has 0 bridgehead atoms. The molecule has 18 heavy (non-hydrogen) atoms. The maximum atomic E-state index is 3.55. The number of nitrogens with zero attached hydrogens (tertiary/aromatic N) is 1. The summed E-state index contributed by atoms with van der Waals surface area (Å²) in [5.41, 5.74) is 4.39. The van der Waals surface area contributed by atoms with Crippen molar-refractivity contribution in [3.8, 4) is 0 Å². The molecule has 100 valence electrons. The minimum Gasteiger partial charge on any atom is -0.384 e. The molecule has 0 amide bonds. The molecule has 0 saturated heterocycles. The molecular weight excluding hydrogens is 220 g/mol. The van der Waals surface area contributed by atoms with Crippen LogP contribution in [0, 0.1) is 5.92 Å². The molecule has 1 heterocycles. The fourth-order valence-corrected chi connectivity index (χ4v) is 2.91. The van der Waals surface area contributed by atoms with Crippen LogP contribution in [0.25, 0.3) is 0 Å². The van der Waals surface area contributed by atoms with E-state index >= 15 is 0 Å². The first-order chi connectivity index (χ1) is 8.30. The lowest BCUT2D eigenvalue weighted by atomic mass is 9.82. The third kappa shape index (κ3) is 2.39. The summed E-state index contributed by atoms with van der Waals surface area (Å²) in [4.78, 5) is 2.34. The van der Waals surface area contributed by atoms with Gasteiger partial charge < -0.3 is 10.2 Å². The van der Waals surface area contributed by atoms with Gasteiger partial charge in [0.25, 0.3) is 0 Å². The van der Waals surface area contributed by atoms with Crippen molar-refractivity contribution in [3.05, 3.63) is 29.3 Å². The molecule has 2 rings (SSSR count). The highest BCUT2D eigenvalue weighted by atomic mass is 15.1. The second-order valence-electron chi connectivity index (χ2n) is 6.82. The molecule has 1 aliphatic heterocycles. The van der Waals surface area contributed by atoms with E-state index in [2.05, 4.69) is 70.2 Å². The zero-order valence-electron chi connectivity index (χ0n) is 12.5. The molecule has 0 fully saturated rings. The number of fused-ring (bicyclic) bond motifs is 1. The van der Waals surface area contributed by atoms with Crippen LogP contribution in [-0.4, -0.2) is 25.5 Å². The van der Waals surface area contributed by atoms with Crippen molar-refractivity contribution in [1.29, 1.82) is 0 Å². The lowest BCUT2D eigenvalue weighted by Crippen LogP contribution is -2.34. The Bertz CT molecular complexity index is 429. The molecule has 1 N–H and O–H groups in total. The molecular formula is C16H26N2. The molecule has 2 heteroatoms. The molecule has 0 saturated carbocycles. The predicted octanol–water partition coefficient (Wildman–Crippen LogP) is 3.65. The van der Waals surface area contributed by atoms with Crippen molar-refractivity contribution >= 4 is 5.69 Å². The molecule has 2 atom stereocenters. The van der Waals surface area contributed by atoms with Gasteiger partial charge in [-0.3, -0.25) is 0 Å². The van der Waals surface area contributed by atoms with Gasteiger partial charge in [-0.2, -0.15) is 0 Å². The van der Waals surface area contributed by atoms with Gasteiger partial charge in [0.15, 0.2) is 0 Å². The number of nitrogens with one attached hydrogen (secondary N) is 1. The van der Waals surface area contributed by atoms with Gasteiger partial charge >= 0.3 is 0 Å². The van der Waals surface area contributed by atoms with Gasteiger partial charge in [-0.1, -0.05) is 39.8 Å². The monoisotopic (exact) mass is 246 g/mol. The van der Waals surface area contributed by atoms with E-state index in [9.17, 15) is 0 Å². The Hall–Kier alpha value is -1.02. The average molecular weight is 246 g/mol. The maximum absolute atomic E-state index is 3.55. The van der Waals surface area contributed by atoms with E-state index < -0.39 is 0 Å². The number of benzene rings is 1. The first-order valence-corrected chi connectivity index (χ1v) is 6.85. The fourth-order valence-electron chi connectivity index (χ4n) is 2.91. The first-order valence-electron chi connectivity index (χ1n) is 6.85. The highest BCUT2D eigenvalue weighted by molar-refractivity contribution is 5.57. The van der Waals surface area contributed by atoms with Crippen LogP contribution in [-0.2, 0) is 5.41 Å². The number of rotatable bonds is 1. The van der Waals surface area contributed by atoms with Crippen molar-refractivity contribution in [3.63, 3.8) is 0 Å². The van der Waals surface area contributed by atoms with Crippen LogP contribution in [0.15, 0.2) is 18.2 Å². The Morgan fingerprint density at radius 1 is 1.22 bits per heavy atom. The molecule has 0 aliphatic carbocycles. The number of anilines is 1. The summed E-state index contributed by atoms with van der Waals surface area (Å²) in [7, 11) is 4.36. The summed E-state index contributed by atoms with van der Waals surface area (Å²) in [6.45, 7) is 10.2. The Morgan fingerprint density at radius 3 is 2.44 bits per heavy atom. The zero-order chi connectivity index (χ0) is 13.5. The summed E-state index contributed by atoms with van der Waals surface area (Å²) >= 11 is 0. The van der Waals surface area contributed by atoms with E-state index in [1.165, 1.54) is 16.8 Å². The molecule has 0 spiro atoms. The lowest BCUT2D eigenvalue weighted by molar-refractivity contribution is 0.225. The normalized spacial score (nSPS) is 23.7. The van der Waals surface area contributed by atoms with Crippen LogP contribution in [0.1, 0.15) is 44.9 Å². The summed E-state index contributed by atoms with van der Waals surface area (Å²) < 4.78 is 0. The van der Waals surface area contributed by atoms with E-state index in [1.807, 2.05) is 0 Å². The minimum atomic E-state index is 0.215. The highest BCUT2D eigenvalue weighted by Gasteiger charge is 2.29. The van der Waals surface area contributed by atoms with Crippen molar-refractivity contribution in [2.45, 2.75) is 39.2 Å². The van der Waals surface area contributed by atoms with E-state index in [-0.39, 0.29) is 5.41 Å². The largest absolute Gasteiger partial charge is 0.384 e. The number of hydrogen-bond acceptors (Lipinski definition) is 2. The molecule has 0 aromatic heterocycles. The standard InChI is InChI=1S/C16H26N2/c1-11-10-17-14-8-7-12(16(2,3)4)9-13(14)15(11)18(5)6/h7-9,11,15,17H,10H2,1-6H3. The molecule has 2 unspecified atom stereocenters. The maximum Gasteiger partial charge on any atom is 0.0404 e. The molecule has 0 radical (unpaired) electrons. The van der Waals surface area contributed by atoms with Crippen molar-refractivity contribution in [2.75, 3.05) is 26.0 Å². The topological polar surface area (TPSA) is 15.3 Å². The third-order valence-electron chi connectivity index (χ3n) is 3.95. The number of hydrogen-bond donors (Lipinski definition) is 1. The van der Waals surface area contributed by atoms with E-state index in [0.29, 0.717) is 12.0 Å². The van der Waals surface area contributed by atoms with E-state index in [0.717, 1.165) is 6.54 Å². The van der Waals surface area contributed by atoms with E-state index in [1.54, 1.807) is 0 Å². The van der Waals surface area contributed by atoms with Crippen molar-refractivity contribution < 1.29 is 0 Å². The highest BCUT2D eigenvalue weighted by Crippen LogP contribution is 2.38. The van der Waals surface area contributed by atoms with Crippen LogP contribution in [0.4, 0.5) is 5.69 Å². The molecule has 1 aromatic carbocycles. The average Bonchev–Trinajstić information content (AvgIpc) is 2.26. The predicted molar refractivity (Wildman–Crippen MR) is 79.2 cm³/mol. The summed E-state index contributed by atoms with van der Waals surface area (Å²) in [6, 6.07) is 7.42. The Morgan fingerprint density at radius 2 is 1.89 bits per heavy atom. The Kier molecular flexibility index (Phi) is 3.41.